The van der Waals surface area contributed by atoms with Crippen LogP contribution in [0.3, 0.4) is 0 Å². The number of aliphatic hydroxyl groups is 1. The van der Waals surface area contributed by atoms with Gasteiger partial charge in [0.15, 0.2) is 5.60 Å². The minimum absolute atomic E-state index is 0.187. The average molecular weight is 406 g/mol. The Kier molecular flexibility index (Phi) is 7.24. The molecule has 0 spiro atoms. The van der Waals surface area contributed by atoms with Gasteiger partial charge in [-0.2, -0.15) is 0 Å². The minimum Gasteiger partial charge on any atom is -0.465 e. The molecular formula is C21H30N2O6. The highest BCUT2D eigenvalue weighted by atomic mass is 16.6. The SMILES string of the molecule is CCOC(=O)CNC(=O)C(O)(c1ccccc1)C1CCCN1C(=O)OC(C)(C)C. The molecule has 0 bridgehead atoms. The molecule has 1 aliphatic heterocycles. The summed E-state index contributed by atoms with van der Waals surface area (Å²) >= 11 is 0. The molecule has 8 nitrogen and oxygen atoms in total. The quantitative estimate of drug-likeness (QED) is 0.700. The van der Waals surface area contributed by atoms with E-state index in [-0.39, 0.29) is 13.2 Å². The number of benzene rings is 1. The van der Waals surface area contributed by atoms with E-state index in [0.717, 1.165) is 0 Å². The van der Waals surface area contributed by atoms with Crippen molar-refractivity contribution in [3.8, 4) is 0 Å². The number of hydrogen-bond acceptors (Lipinski definition) is 6. The van der Waals surface area contributed by atoms with Crippen molar-refractivity contribution in [2.75, 3.05) is 19.7 Å². The molecule has 0 saturated carbocycles. The second-order valence-electron chi connectivity index (χ2n) is 7.95. The standard InChI is InChI=1S/C21H30N2O6/c1-5-28-17(24)14-22-18(25)21(27,15-10-7-6-8-11-15)16-12-9-13-23(16)19(26)29-20(2,3)4/h6-8,10-11,16,27H,5,9,12-14H2,1-4H3,(H,22,25). The molecule has 1 saturated heterocycles. The van der Waals surface area contributed by atoms with Crippen LogP contribution in [-0.4, -0.2) is 59.3 Å². The highest BCUT2D eigenvalue weighted by molar-refractivity contribution is 5.90. The molecule has 0 aliphatic carbocycles. The van der Waals surface area contributed by atoms with Crippen molar-refractivity contribution in [1.29, 1.82) is 0 Å². The van der Waals surface area contributed by atoms with Gasteiger partial charge in [-0.3, -0.25) is 9.59 Å². The Morgan fingerprint density at radius 3 is 2.45 bits per heavy atom. The second-order valence-corrected chi connectivity index (χ2v) is 7.95. The highest BCUT2D eigenvalue weighted by Crippen LogP contribution is 2.36. The van der Waals surface area contributed by atoms with Crippen LogP contribution in [0.5, 0.6) is 0 Å². The van der Waals surface area contributed by atoms with Crippen molar-refractivity contribution in [1.82, 2.24) is 10.2 Å². The van der Waals surface area contributed by atoms with Crippen molar-refractivity contribution in [3.63, 3.8) is 0 Å². The van der Waals surface area contributed by atoms with Crippen LogP contribution in [-0.2, 0) is 24.7 Å². The monoisotopic (exact) mass is 406 g/mol. The number of nitrogens with zero attached hydrogens (tertiary/aromatic N) is 1. The summed E-state index contributed by atoms with van der Waals surface area (Å²) in [7, 11) is 0. The molecule has 0 aromatic heterocycles. The Labute approximate surface area is 171 Å². The molecule has 1 aromatic rings. The van der Waals surface area contributed by atoms with Gasteiger partial charge in [-0.1, -0.05) is 30.3 Å². The zero-order chi connectivity index (χ0) is 21.7. The van der Waals surface area contributed by atoms with Crippen LogP contribution in [0.1, 0.15) is 46.1 Å². The third-order valence-electron chi connectivity index (χ3n) is 4.62. The van der Waals surface area contributed by atoms with Crippen LogP contribution in [0, 0.1) is 0 Å². The lowest BCUT2D eigenvalue weighted by molar-refractivity contribution is -0.152. The third kappa shape index (κ3) is 5.47. The highest BCUT2D eigenvalue weighted by Gasteiger charge is 2.52. The lowest BCUT2D eigenvalue weighted by Gasteiger charge is -2.38. The van der Waals surface area contributed by atoms with Gasteiger partial charge in [0.25, 0.3) is 5.91 Å². The van der Waals surface area contributed by atoms with Gasteiger partial charge in [-0.05, 0) is 46.1 Å². The number of carbonyl (C=O) groups is 3. The Morgan fingerprint density at radius 1 is 1.21 bits per heavy atom. The molecule has 1 fully saturated rings. The van der Waals surface area contributed by atoms with E-state index in [4.69, 9.17) is 9.47 Å². The molecule has 1 aromatic carbocycles. The molecule has 2 unspecified atom stereocenters. The third-order valence-corrected chi connectivity index (χ3v) is 4.62. The smallest absolute Gasteiger partial charge is 0.410 e. The summed E-state index contributed by atoms with van der Waals surface area (Å²) < 4.78 is 10.3. The molecule has 29 heavy (non-hydrogen) atoms. The Morgan fingerprint density at radius 2 is 1.86 bits per heavy atom. The fourth-order valence-corrected chi connectivity index (χ4v) is 3.41. The lowest BCUT2D eigenvalue weighted by atomic mass is 9.84. The first kappa shape index (κ1) is 22.7. The molecular weight excluding hydrogens is 376 g/mol. The van der Waals surface area contributed by atoms with Gasteiger partial charge in [0.2, 0.25) is 0 Å². The summed E-state index contributed by atoms with van der Waals surface area (Å²) in [6.07, 6.45) is 0.439. The molecule has 8 heteroatoms. The number of hydrogen-bond donors (Lipinski definition) is 2. The van der Waals surface area contributed by atoms with Crippen molar-refractivity contribution in [2.45, 2.75) is 57.8 Å². The van der Waals surface area contributed by atoms with Gasteiger partial charge in [-0.15, -0.1) is 0 Å². The number of likely N-dealkylation sites (tertiary alicyclic amines) is 1. The number of rotatable bonds is 6. The van der Waals surface area contributed by atoms with E-state index in [1.807, 2.05) is 0 Å². The first-order valence-corrected chi connectivity index (χ1v) is 9.81. The van der Waals surface area contributed by atoms with Crippen LogP contribution in [0.25, 0.3) is 0 Å². The topological polar surface area (TPSA) is 105 Å². The number of amides is 2. The summed E-state index contributed by atoms with van der Waals surface area (Å²) in [5, 5.41) is 14.0. The van der Waals surface area contributed by atoms with Crippen molar-refractivity contribution >= 4 is 18.0 Å². The lowest BCUT2D eigenvalue weighted by Crippen LogP contribution is -2.58. The van der Waals surface area contributed by atoms with E-state index in [1.165, 1.54) is 4.90 Å². The minimum atomic E-state index is -2.04. The largest absolute Gasteiger partial charge is 0.465 e. The zero-order valence-corrected chi connectivity index (χ0v) is 17.4. The molecule has 2 amide bonds. The predicted molar refractivity (Wildman–Crippen MR) is 106 cm³/mol. The second kappa shape index (κ2) is 9.26. The summed E-state index contributed by atoms with van der Waals surface area (Å²) in [6, 6.07) is 7.57. The maximum atomic E-state index is 13.1. The normalized spacial score (nSPS) is 18.7. The Bertz CT molecular complexity index is 730. The van der Waals surface area contributed by atoms with E-state index in [0.29, 0.717) is 24.9 Å². The van der Waals surface area contributed by atoms with Gasteiger partial charge in [0.05, 0.1) is 12.6 Å². The van der Waals surface area contributed by atoms with E-state index in [1.54, 1.807) is 58.0 Å². The molecule has 2 N–H and O–H groups in total. The van der Waals surface area contributed by atoms with Gasteiger partial charge < -0.3 is 24.8 Å². The maximum absolute atomic E-state index is 13.1. The average Bonchev–Trinajstić information content (AvgIpc) is 3.15. The van der Waals surface area contributed by atoms with Gasteiger partial charge in [0.1, 0.15) is 12.1 Å². The number of ether oxygens (including phenoxy) is 2. The van der Waals surface area contributed by atoms with Crippen molar-refractivity contribution < 1.29 is 29.0 Å². The van der Waals surface area contributed by atoms with Crippen LogP contribution in [0.4, 0.5) is 4.79 Å². The van der Waals surface area contributed by atoms with Gasteiger partial charge in [-0.25, -0.2) is 4.79 Å². The van der Waals surface area contributed by atoms with Crippen LogP contribution in [0.2, 0.25) is 0 Å². The van der Waals surface area contributed by atoms with E-state index in [9.17, 15) is 19.5 Å². The Hall–Kier alpha value is -2.61. The molecule has 1 heterocycles. The van der Waals surface area contributed by atoms with Crippen molar-refractivity contribution in [2.24, 2.45) is 0 Å². The summed E-state index contributed by atoms with van der Waals surface area (Å²) in [5.74, 6) is -1.37. The first-order valence-electron chi connectivity index (χ1n) is 9.81. The van der Waals surface area contributed by atoms with Crippen LogP contribution < -0.4 is 5.32 Å². The summed E-state index contributed by atoms with van der Waals surface area (Å²) in [6.45, 7) is 7.10. The summed E-state index contributed by atoms with van der Waals surface area (Å²) in [4.78, 5) is 38.8. The Balaban J connectivity index is 2.33. The van der Waals surface area contributed by atoms with Gasteiger partial charge >= 0.3 is 12.1 Å². The van der Waals surface area contributed by atoms with Crippen LogP contribution >= 0.6 is 0 Å². The fourth-order valence-electron chi connectivity index (χ4n) is 3.41. The fraction of sp³-hybridized carbons (Fsp3) is 0.571. The molecule has 0 radical (unpaired) electrons. The first-order chi connectivity index (χ1) is 13.6. The number of carbonyl (C=O) groups excluding carboxylic acids is 3. The van der Waals surface area contributed by atoms with E-state index in [2.05, 4.69) is 5.32 Å². The van der Waals surface area contributed by atoms with Crippen LogP contribution in [0.15, 0.2) is 30.3 Å². The maximum Gasteiger partial charge on any atom is 0.410 e. The zero-order valence-electron chi connectivity index (χ0n) is 17.4. The number of esters is 1. The molecule has 2 rings (SSSR count). The van der Waals surface area contributed by atoms with Gasteiger partial charge in [0, 0.05) is 6.54 Å². The predicted octanol–water partition coefficient (Wildman–Crippen LogP) is 1.95. The van der Waals surface area contributed by atoms with E-state index < -0.39 is 35.2 Å². The molecule has 1 aliphatic rings. The number of nitrogens with one attached hydrogen (secondary N) is 1. The van der Waals surface area contributed by atoms with Crippen molar-refractivity contribution in [3.05, 3.63) is 35.9 Å². The molecule has 2 atom stereocenters. The summed E-state index contributed by atoms with van der Waals surface area (Å²) in [5.41, 5.74) is -2.41. The molecule has 160 valence electrons. The van der Waals surface area contributed by atoms with E-state index >= 15 is 0 Å².